The molecule has 0 radical (unpaired) electrons. The van der Waals surface area contributed by atoms with Crippen molar-refractivity contribution in [2.45, 2.75) is 26.8 Å². The first-order valence-electron chi connectivity index (χ1n) is 5.75. The van der Waals surface area contributed by atoms with Crippen molar-refractivity contribution in [2.75, 3.05) is 0 Å². The molecular weight excluding hydrogens is 282 g/mol. The molecule has 0 saturated carbocycles. The number of rotatable bonds is 4. The van der Waals surface area contributed by atoms with Gasteiger partial charge in [0.25, 0.3) is 5.91 Å². The lowest BCUT2D eigenvalue weighted by atomic mass is 10.1. The van der Waals surface area contributed by atoms with E-state index in [0.717, 1.165) is 0 Å². The summed E-state index contributed by atoms with van der Waals surface area (Å²) in [5.74, 6) is -1.94. The van der Waals surface area contributed by atoms with Crippen molar-refractivity contribution < 1.29 is 19.5 Å². The second-order valence-electron chi connectivity index (χ2n) is 4.07. The molecule has 1 aromatic heterocycles. The second-order valence-corrected chi connectivity index (χ2v) is 5.00. The Morgan fingerprint density at radius 1 is 1.30 bits per heavy atom. The third-order valence-corrected chi connectivity index (χ3v) is 3.58. The van der Waals surface area contributed by atoms with Crippen LogP contribution in [0.2, 0.25) is 0 Å². The van der Waals surface area contributed by atoms with Gasteiger partial charge >= 0.3 is 12.0 Å². The maximum atomic E-state index is 11.7. The summed E-state index contributed by atoms with van der Waals surface area (Å²) in [7, 11) is 0. The maximum absolute atomic E-state index is 11.7. The fourth-order valence-corrected chi connectivity index (χ4v) is 1.92. The largest absolute Gasteiger partial charge is 0.478 e. The Balaban J connectivity index is 2.61. The zero-order chi connectivity index (χ0) is 15.3. The van der Waals surface area contributed by atoms with Crippen LogP contribution in [0.1, 0.15) is 31.8 Å². The van der Waals surface area contributed by atoms with E-state index in [0.29, 0.717) is 5.01 Å². The summed E-state index contributed by atoms with van der Waals surface area (Å²) in [5, 5.41) is 15.9. The molecule has 20 heavy (non-hydrogen) atoms. The number of nitrogens with zero attached hydrogens (tertiary/aromatic N) is 1. The van der Waals surface area contributed by atoms with Crippen molar-refractivity contribution in [3.8, 4) is 0 Å². The number of hydrogen-bond acceptors (Lipinski definition) is 5. The standard InChI is InChI=1S/C12H15N3O4S/c1-6(7(2)11(17)18)9(16)15-12(19)14-8(3)10-13-4-5-20-10/h4-5,8H,1-3H3,(H,17,18)(H2,14,15,16,19). The molecule has 3 N–H and O–H groups in total. The highest BCUT2D eigenvalue weighted by atomic mass is 32.1. The molecule has 0 fully saturated rings. The smallest absolute Gasteiger partial charge is 0.331 e. The van der Waals surface area contributed by atoms with Gasteiger partial charge in [-0.05, 0) is 20.8 Å². The molecule has 0 spiro atoms. The Labute approximate surface area is 119 Å². The van der Waals surface area contributed by atoms with Gasteiger partial charge in [0.15, 0.2) is 0 Å². The molecule has 1 unspecified atom stereocenters. The SMILES string of the molecule is CC(C(=O)O)=C(C)C(=O)NC(=O)NC(C)c1nccs1. The van der Waals surface area contributed by atoms with Crippen molar-refractivity contribution in [3.63, 3.8) is 0 Å². The van der Waals surface area contributed by atoms with Gasteiger partial charge in [0.1, 0.15) is 5.01 Å². The summed E-state index contributed by atoms with van der Waals surface area (Å²) in [5.41, 5.74) is -0.127. The Kier molecular flexibility index (Phi) is 5.39. The van der Waals surface area contributed by atoms with Gasteiger partial charge in [-0.15, -0.1) is 11.3 Å². The predicted octanol–water partition coefficient (Wildman–Crippen LogP) is 1.45. The number of nitrogens with one attached hydrogen (secondary N) is 2. The highest BCUT2D eigenvalue weighted by Crippen LogP contribution is 2.14. The van der Waals surface area contributed by atoms with Gasteiger partial charge in [-0.25, -0.2) is 14.6 Å². The topological polar surface area (TPSA) is 108 Å². The van der Waals surface area contributed by atoms with E-state index in [1.54, 1.807) is 18.5 Å². The number of carbonyl (C=O) groups excluding carboxylic acids is 2. The fraction of sp³-hybridized carbons (Fsp3) is 0.333. The minimum Gasteiger partial charge on any atom is -0.478 e. The van der Waals surface area contributed by atoms with Crippen molar-refractivity contribution in [1.82, 2.24) is 15.6 Å². The Hall–Kier alpha value is -2.22. The second kappa shape index (κ2) is 6.80. The molecule has 0 aliphatic carbocycles. The zero-order valence-electron chi connectivity index (χ0n) is 11.3. The number of aromatic nitrogens is 1. The molecule has 0 aliphatic heterocycles. The summed E-state index contributed by atoms with van der Waals surface area (Å²) in [6.45, 7) is 4.37. The number of hydrogen-bond donors (Lipinski definition) is 3. The third kappa shape index (κ3) is 4.16. The molecule has 1 heterocycles. The molecule has 7 nitrogen and oxygen atoms in total. The summed E-state index contributed by atoms with van der Waals surface area (Å²) >= 11 is 1.38. The molecule has 0 saturated heterocycles. The summed E-state index contributed by atoms with van der Waals surface area (Å²) in [4.78, 5) is 38.0. The molecule has 3 amide bonds. The fourth-order valence-electron chi connectivity index (χ4n) is 1.27. The van der Waals surface area contributed by atoms with E-state index in [-0.39, 0.29) is 17.2 Å². The lowest BCUT2D eigenvalue weighted by Gasteiger charge is -2.12. The van der Waals surface area contributed by atoms with Crippen LogP contribution < -0.4 is 10.6 Å². The van der Waals surface area contributed by atoms with Crippen LogP contribution in [0.25, 0.3) is 0 Å². The molecule has 108 valence electrons. The van der Waals surface area contributed by atoms with Crippen molar-refractivity contribution in [3.05, 3.63) is 27.7 Å². The summed E-state index contributed by atoms with van der Waals surface area (Å²) < 4.78 is 0. The van der Waals surface area contributed by atoms with Crippen LogP contribution in [-0.2, 0) is 9.59 Å². The molecule has 0 aromatic carbocycles. The number of carboxylic acids is 1. The van der Waals surface area contributed by atoms with E-state index in [9.17, 15) is 14.4 Å². The van der Waals surface area contributed by atoms with Crippen molar-refractivity contribution >= 4 is 29.2 Å². The molecule has 1 aromatic rings. The predicted molar refractivity (Wildman–Crippen MR) is 73.2 cm³/mol. The maximum Gasteiger partial charge on any atom is 0.331 e. The van der Waals surface area contributed by atoms with Crippen LogP contribution in [0, 0.1) is 0 Å². The monoisotopic (exact) mass is 297 g/mol. The summed E-state index contributed by atoms with van der Waals surface area (Å²) in [6, 6.07) is -1.04. The number of carbonyl (C=O) groups is 3. The number of carboxylic acid groups (broad SMARTS) is 1. The van der Waals surface area contributed by atoms with Crippen LogP contribution in [-0.4, -0.2) is 28.0 Å². The van der Waals surface area contributed by atoms with Gasteiger partial charge in [0.2, 0.25) is 0 Å². The van der Waals surface area contributed by atoms with Crippen LogP contribution in [0.15, 0.2) is 22.7 Å². The lowest BCUT2D eigenvalue weighted by Crippen LogP contribution is -2.41. The van der Waals surface area contributed by atoms with Gasteiger partial charge in [-0.2, -0.15) is 0 Å². The quantitative estimate of drug-likeness (QED) is 0.729. The Bertz CT molecular complexity index is 551. The van der Waals surface area contributed by atoms with E-state index in [2.05, 4.69) is 15.6 Å². The van der Waals surface area contributed by atoms with E-state index >= 15 is 0 Å². The summed E-state index contributed by atoms with van der Waals surface area (Å²) in [6.07, 6.45) is 1.62. The minimum absolute atomic E-state index is 0.0189. The highest BCUT2D eigenvalue weighted by molar-refractivity contribution is 7.09. The van der Waals surface area contributed by atoms with Crippen molar-refractivity contribution in [1.29, 1.82) is 0 Å². The number of thiazole rings is 1. The molecule has 1 atom stereocenters. The first-order valence-corrected chi connectivity index (χ1v) is 6.63. The normalized spacial score (nSPS) is 13.2. The number of imide groups is 1. The lowest BCUT2D eigenvalue weighted by molar-refractivity contribution is -0.133. The van der Waals surface area contributed by atoms with Gasteiger partial charge in [0.05, 0.1) is 6.04 Å². The molecular formula is C12H15N3O4S. The van der Waals surface area contributed by atoms with Crippen LogP contribution in [0.5, 0.6) is 0 Å². The number of urea groups is 1. The third-order valence-electron chi connectivity index (χ3n) is 2.62. The van der Waals surface area contributed by atoms with Gasteiger partial charge < -0.3 is 10.4 Å². The average molecular weight is 297 g/mol. The van der Waals surface area contributed by atoms with Crippen LogP contribution >= 0.6 is 11.3 Å². The number of amides is 3. The van der Waals surface area contributed by atoms with Crippen LogP contribution in [0.4, 0.5) is 4.79 Å². The molecule has 1 rings (SSSR count). The molecule has 0 bridgehead atoms. The average Bonchev–Trinajstić information content (AvgIpc) is 2.90. The van der Waals surface area contributed by atoms with Gasteiger partial charge in [-0.1, -0.05) is 0 Å². The first-order chi connectivity index (χ1) is 9.32. The Morgan fingerprint density at radius 2 is 1.95 bits per heavy atom. The zero-order valence-corrected chi connectivity index (χ0v) is 12.1. The highest BCUT2D eigenvalue weighted by Gasteiger charge is 2.17. The van der Waals surface area contributed by atoms with Crippen molar-refractivity contribution in [2.24, 2.45) is 0 Å². The first kappa shape index (κ1) is 15.8. The Morgan fingerprint density at radius 3 is 2.45 bits per heavy atom. The van der Waals surface area contributed by atoms with Gasteiger partial charge in [-0.3, -0.25) is 10.1 Å². The van der Waals surface area contributed by atoms with E-state index in [4.69, 9.17) is 5.11 Å². The molecule has 8 heteroatoms. The number of aliphatic carboxylic acids is 1. The minimum atomic E-state index is -1.20. The van der Waals surface area contributed by atoms with E-state index < -0.39 is 17.9 Å². The van der Waals surface area contributed by atoms with E-state index in [1.807, 2.05) is 0 Å². The van der Waals surface area contributed by atoms with Gasteiger partial charge in [0, 0.05) is 22.7 Å². The van der Waals surface area contributed by atoms with Crippen LogP contribution in [0.3, 0.4) is 0 Å². The van der Waals surface area contributed by atoms with E-state index in [1.165, 1.54) is 25.2 Å². The molecule has 0 aliphatic rings.